The molecule has 2 amide bonds. The number of carbonyl (C=O) groups excluding carboxylic acids is 2. The number of furan rings is 1. The molecule has 0 radical (unpaired) electrons. The maximum absolute atomic E-state index is 12.0. The molecule has 2 rings (SSSR count). The van der Waals surface area contributed by atoms with Crippen LogP contribution in [0.5, 0.6) is 0 Å². The minimum atomic E-state index is -0.506. The van der Waals surface area contributed by atoms with E-state index in [2.05, 4.69) is 17.1 Å². The first-order valence-electron chi connectivity index (χ1n) is 6.95. The second-order valence-electron chi connectivity index (χ2n) is 5.20. The van der Waals surface area contributed by atoms with Gasteiger partial charge in [-0.2, -0.15) is 0 Å². The summed E-state index contributed by atoms with van der Waals surface area (Å²) < 4.78 is 4.95. The van der Waals surface area contributed by atoms with Crippen molar-refractivity contribution in [3.05, 3.63) is 24.2 Å². The number of piperidine rings is 1. The number of nitrogens with one attached hydrogen (secondary N) is 1. The van der Waals surface area contributed by atoms with E-state index in [9.17, 15) is 9.59 Å². The van der Waals surface area contributed by atoms with Gasteiger partial charge in [-0.1, -0.05) is 6.42 Å². The van der Waals surface area contributed by atoms with Gasteiger partial charge in [0.15, 0.2) is 5.76 Å². The smallest absolute Gasteiger partial charge is 0.293 e. The fourth-order valence-corrected chi connectivity index (χ4v) is 2.68. The molecule has 0 aromatic carbocycles. The minimum absolute atomic E-state index is 0.139. The number of hydrogen-bond acceptors (Lipinski definition) is 5. The SMILES string of the molecule is CC1CCCC(CN)N1CC(=O)NC(=O)c1ccco1. The fraction of sp³-hybridized carbons (Fsp3) is 0.571. The molecular formula is C14H21N3O3. The Bertz CT molecular complexity index is 458. The summed E-state index contributed by atoms with van der Waals surface area (Å²) in [6, 6.07) is 3.65. The van der Waals surface area contributed by atoms with Gasteiger partial charge in [0, 0.05) is 18.6 Å². The van der Waals surface area contributed by atoms with Crippen molar-refractivity contribution in [2.45, 2.75) is 38.3 Å². The molecule has 0 aliphatic carbocycles. The third-order valence-corrected chi connectivity index (χ3v) is 3.79. The van der Waals surface area contributed by atoms with Gasteiger partial charge >= 0.3 is 0 Å². The van der Waals surface area contributed by atoms with Gasteiger partial charge in [-0.3, -0.25) is 19.8 Å². The van der Waals surface area contributed by atoms with Crippen LogP contribution in [0.4, 0.5) is 0 Å². The predicted octanol–water partition coefficient (Wildman–Crippen LogP) is 0.738. The van der Waals surface area contributed by atoms with Crippen molar-refractivity contribution in [2.75, 3.05) is 13.1 Å². The van der Waals surface area contributed by atoms with Crippen molar-refractivity contribution in [3.63, 3.8) is 0 Å². The van der Waals surface area contributed by atoms with Crippen LogP contribution >= 0.6 is 0 Å². The molecule has 6 heteroatoms. The molecule has 1 aliphatic rings. The maximum atomic E-state index is 12.0. The zero-order chi connectivity index (χ0) is 14.5. The Morgan fingerprint density at radius 1 is 1.50 bits per heavy atom. The highest BCUT2D eigenvalue weighted by Gasteiger charge is 2.29. The number of likely N-dealkylation sites (tertiary alicyclic amines) is 1. The van der Waals surface area contributed by atoms with Crippen LogP contribution in [-0.4, -0.2) is 41.9 Å². The van der Waals surface area contributed by atoms with Crippen LogP contribution in [0.3, 0.4) is 0 Å². The maximum Gasteiger partial charge on any atom is 0.293 e. The molecule has 1 fully saturated rings. The summed E-state index contributed by atoms with van der Waals surface area (Å²) in [4.78, 5) is 25.8. The summed E-state index contributed by atoms with van der Waals surface area (Å²) in [6.07, 6.45) is 4.58. The van der Waals surface area contributed by atoms with E-state index in [1.165, 1.54) is 12.3 Å². The third-order valence-electron chi connectivity index (χ3n) is 3.79. The molecule has 20 heavy (non-hydrogen) atoms. The van der Waals surface area contributed by atoms with Gasteiger partial charge in [-0.15, -0.1) is 0 Å². The van der Waals surface area contributed by atoms with Crippen LogP contribution in [0, 0.1) is 0 Å². The van der Waals surface area contributed by atoms with Crippen LogP contribution in [-0.2, 0) is 4.79 Å². The highest BCUT2D eigenvalue weighted by atomic mass is 16.3. The standard InChI is InChI=1S/C14H21N3O3/c1-10-4-2-5-11(8-15)17(10)9-13(18)16-14(19)12-6-3-7-20-12/h3,6-7,10-11H,2,4-5,8-9,15H2,1H3,(H,16,18,19). The Hall–Kier alpha value is -1.66. The normalized spacial score (nSPS) is 23.5. The summed E-state index contributed by atoms with van der Waals surface area (Å²) in [7, 11) is 0. The zero-order valence-corrected chi connectivity index (χ0v) is 11.7. The Kier molecular flexibility index (Phi) is 4.92. The first-order valence-corrected chi connectivity index (χ1v) is 6.95. The van der Waals surface area contributed by atoms with E-state index >= 15 is 0 Å². The average Bonchev–Trinajstić information content (AvgIpc) is 2.95. The lowest BCUT2D eigenvalue weighted by atomic mass is 9.96. The highest BCUT2D eigenvalue weighted by molar-refractivity contribution is 6.03. The van der Waals surface area contributed by atoms with E-state index in [0.29, 0.717) is 12.6 Å². The zero-order valence-electron chi connectivity index (χ0n) is 11.7. The van der Waals surface area contributed by atoms with Gasteiger partial charge in [-0.25, -0.2) is 0 Å². The van der Waals surface area contributed by atoms with Gasteiger partial charge in [0.25, 0.3) is 5.91 Å². The van der Waals surface area contributed by atoms with Crippen molar-refractivity contribution < 1.29 is 14.0 Å². The van der Waals surface area contributed by atoms with Gasteiger partial charge in [0.1, 0.15) is 0 Å². The van der Waals surface area contributed by atoms with E-state index in [1.807, 2.05) is 0 Å². The van der Waals surface area contributed by atoms with Crippen molar-refractivity contribution in [3.8, 4) is 0 Å². The van der Waals surface area contributed by atoms with Gasteiger partial charge in [0.2, 0.25) is 5.91 Å². The van der Waals surface area contributed by atoms with E-state index in [0.717, 1.165) is 19.3 Å². The number of nitrogens with two attached hydrogens (primary N) is 1. The average molecular weight is 279 g/mol. The molecule has 0 saturated carbocycles. The minimum Gasteiger partial charge on any atom is -0.459 e. The number of rotatable bonds is 4. The van der Waals surface area contributed by atoms with E-state index < -0.39 is 5.91 Å². The van der Waals surface area contributed by atoms with Gasteiger partial charge < -0.3 is 10.2 Å². The first kappa shape index (κ1) is 14.7. The molecule has 0 bridgehead atoms. The monoisotopic (exact) mass is 279 g/mol. The van der Waals surface area contributed by atoms with Crippen molar-refractivity contribution in [2.24, 2.45) is 5.73 Å². The molecule has 1 aromatic heterocycles. The molecule has 110 valence electrons. The van der Waals surface area contributed by atoms with E-state index in [1.54, 1.807) is 6.07 Å². The lowest BCUT2D eigenvalue weighted by molar-refractivity contribution is -0.123. The highest BCUT2D eigenvalue weighted by Crippen LogP contribution is 2.21. The Balaban J connectivity index is 1.91. The van der Waals surface area contributed by atoms with Crippen LogP contribution in [0.25, 0.3) is 0 Å². The molecule has 1 aliphatic heterocycles. The summed E-state index contributed by atoms with van der Waals surface area (Å²) in [5.41, 5.74) is 5.75. The summed E-state index contributed by atoms with van der Waals surface area (Å²) in [5, 5.41) is 2.34. The quantitative estimate of drug-likeness (QED) is 0.848. The second kappa shape index (κ2) is 6.67. The predicted molar refractivity (Wildman–Crippen MR) is 74.0 cm³/mol. The van der Waals surface area contributed by atoms with Crippen molar-refractivity contribution in [1.29, 1.82) is 0 Å². The van der Waals surface area contributed by atoms with Gasteiger partial charge in [-0.05, 0) is 31.9 Å². The fourth-order valence-electron chi connectivity index (χ4n) is 2.68. The molecule has 1 aromatic rings. The lowest BCUT2D eigenvalue weighted by Gasteiger charge is -2.39. The van der Waals surface area contributed by atoms with Gasteiger partial charge in [0.05, 0.1) is 12.8 Å². The number of nitrogens with zero attached hydrogens (tertiary/aromatic N) is 1. The van der Waals surface area contributed by atoms with Crippen LogP contribution in [0.2, 0.25) is 0 Å². The number of hydrogen-bond donors (Lipinski definition) is 2. The topological polar surface area (TPSA) is 88.6 Å². The molecule has 1 saturated heterocycles. The largest absolute Gasteiger partial charge is 0.459 e. The van der Waals surface area contributed by atoms with E-state index in [-0.39, 0.29) is 24.3 Å². The number of carbonyl (C=O) groups is 2. The molecule has 2 atom stereocenters. The molecule has 2 unspecified atom stereocenters. The summed E-state index contributed by atoms with van der Waals surface area (Å²) >= 11 is 0. The van der Waals surface area contributed by atoms with Crippen LogP contribution in [0.1, 0.15) is 36.7 Å². The van der Waals surface area contributed by atoms with Crippen LogP contribution in [0.15, 0.2) is 22.8 Å². The second-order valence-corrected chi connectivity index (χ2v) is 5.20. The van der Waals surface area contributed by atoms with Crippen molar-refractivity contribution >= 4 is 11.8 Å². The summed E-state index contributed by atoms with van der Waals surface area (Å²) in [6.45, 7) is 2.81. The first-order chi connectivity index (χ1) is 9.61. The number of amides is 2. The molecule has 0 spiro atoms. The Morgan fingerprint density at radius 2 is 2.30 bits per heavy atom. The number of imide groups is 1. The Labute approximate surface area is 118 Å². The lowest BCUT2D eigenvalue weighted by Crippen LogP contribution is -2.52. The third kappa shape index (κ3) is 3.46. The molecule has 2 heterocycles. The molecular weight excluding hydrogens is 258 g/mol. The Morgan fingerprint density at radius 3 is 2.95 bits per heavy atom. The molecule has 6 nitrogen and oxygen atoms in total. The molecule has 3 N–H and O–H groups in total. The summed E-state index contributed by atoms with van der Waals surface area (Å²) in [5.74, 6) is -0.687. The van der Waals surface area contributed by atoms with Crippen molar-refractivity contribution in [1.82, 2.24) is 10.2 Å². The van der Waals surface area contributed by atoms with E-state index in [4.69, 9.17) is 10.2 Å². The van der Waals surface area contributed by atoms with Crippen LogP contribution < -0.4 is 11.1 Å².